The van der Waals surface area contributed by atoms with Gasteiger partial charge in [-0.05, 0) is 19.1 Å². The molecule has 0 saturated heterocycles. The second-order valence-corrected chi connectivity index (χ2v) is 5.10. The molecule has 0 spiro atoms. The van der Waals surface area contributed by atoms with Crippen LogP contribution >= 0.6 is 0 Å². The minimum absolute atomic E-state index is 0.105. The second kappa shape index (κ2) is 6.91. The normalized spacial score (nSPS) is 10.3. The first-order valence-electron chi connectivity index (χ1n) is 6.97. The number of anilines is 1. The molecule has 0 atom stereocenters. The lowest BCUT2D eigenvalue weighted by Gasteiger charge is -2.16. The van der Waals surface area contributed by atoms with E-state index < -0.39 is 0 Å². The molecule has 0 aliphatic carbocycles. The van der Waals surface area contributed by atoms with Crippen molar-refractivity contribution in [1.82, 2.24) is 19.7 Å². The average molecular weight is 317 g/mol. The molecule has 122 valence electrons. The molecule has 0 aliphatic rings. The van der Waals surface area contributed by atoms with E-state index in [0.717, 1.165) is 5.69 Å². The van der Waals surface area contributed by atoms with E-state index in [-0.39, 0.29) is 24.2 Å². The van der Waals surface area contributed by atoms with Gasteiger partial charge in [0.1, 0.15) is 11.4 Å². The quantitative estimate of drug-likeness (QED) is 0.883. The molecule has 0 aliphatic heterocycles. The number of likely N-dealkylation sites (N-methyl/N-ethyl adjacent to an activating group) is 1. The van der Waals surface area contributed by atoms with E-state index in [9.17, 15) is 9.59 Å². The Morgan fingerprint density at radius 2 is 2.13 bits per heavy atom. The lowest BCUT2D eigenvalue weighted by atomic mass is 10.3. The van der Waals surface area contributed by atoms with Crippen molar-refractivity contribution in [2.75, 3.05) is 26.0 Å². The summed E-state index contributed by atoms with van der Waals surface area (Å²) in [5.41, 5.74) is 1.10. The Bertz CT molecular complexity index is 726. The van der Waals surface area contributed by atoms with Gasteiger partial charge in [0.25, 0.3) is 5.91 Å². The molecule has 0 radical (unpaired) electrons. The van der Waals surface area contributed by atoms with Crippen LogP contribution in [0.3, 0.4) is 0 Å². The van der Waals surface area contributed by atoms with Gasteiger partial charge in [-0.2, -0.15) is 0 Å². The molecule has 0 saturated carbocycles. The molecular formula is C15H19N5O3. The number of rotatable bonds is 5. The van der Waals surface area contributed by atoms with Crippen LogP contribution in [0.25, 0.3) is 0 Å². The maximum Gasteiger partial charge on any atom is 0.261 e. The van der Waals surface area contributed by atoms with Gasteiger partial charge in [-0.15, -0.1) is 5.10 Å². The van der Waals surface area contributed by atoms with Crippen LogP contribution in [0.15, 0.2) is 24.4 Å². The van der Waals surface area contributed by atoms with E-state index in [2.05, 4.69) is 15.4 Å². The van der Waals surface area contributed by atoms with Crippen LogP contribution in [0.5, 0.6) is 5.88 Å². The van der Waals surface area contributed by atoms with Gasteiger partial charge < -0.3 is 15.0 Å². The lowest BCUT2D eigenvalue weighted by Crippen LogP contribution is -2.35. The van der Waals surface area contributed by atoms with Crippen LogP contribution in [0.2, 0.25) is 0 Å². The van der Waals surface area contributed by atoms with Gasteiger partial charge in [0, 0.05) is 26.0 Å². The summed E-state index contributed by atoms with van der Waals surface area (Å²) in [6.45, 7) is 1.73. The van der Waals surface area contributed by atoms with Crippen LogP contribution < -0.4 is 10.1 Å². The maximum absolute atomic E-state index is 12.4. The predicted octanol–water partition coefficient (Wildman–Crippen LogP) is 0.843. The van der Waals surface area contributed by atoms with E-state index in [1.54, 1.807) is 25.4 Å². The summed E-state index contributed by atoms with van der Waals surface area (Å²) >= 11 is 0. The summed E-state index contributed by atoms with van der Waals surface area (Å²) in [6.07, 6.45) is 1.55. The van der Waals surface area contributed by atoms with Crippen molar-refractivity contribution in [3.05, 3.63) is 35.7 Å². The molecule has 2 heterocycles. The van der Waals surface area contributed by atoms with E-state index in [4.69, 9.17) is 4.74 Å². The number of amides is 2. The third kappa shape index (κ3) is 4.06. The third-order valence-electron chi connectivity index (χ3n) is 3.10. The third-order valence-corrected chi connectivity index (χ3v) is 3.10. The van der Waals surface area contributed by atoms with Crippen LogP contribution in [-0.4, -0.2) is 52.2 Å². The zero-order valence-electron chi connectivity index (χ0n) is 13.5. The Morgan fingerprint density at radius 1 is 1.39 bits per heavy atom. The summed E-state index contributed by atoms with van der Waals surface area (Å²) in [5.74, 6) is 0.00373. The van der Waals surface area contributed by atoms with Crippen molar-refractivity contribution in [1.29, 1.82) is 0 Å². The number of nitrogens with one attached hydrogen (secondary N) is 1. The maximum atomic E-state index is 12.4. The van der Waals surface area contributed by atoms with Crippen molar-refractivity contribution < 1.29 is 14.3 Å². The molecule has 1 N–H and O–H groups in total. The Kier molecular flexibility index (Phi) is 4.95. The van der Waals surface area contributed by atoms with Crippen LogP contribution in [0.4, 0.5) is 5.82 Å². The van der Waals surface area contributed by atoms with Gasteiger partial charge in [-0.1, -0.05) is 6.07 Å². The highest BCUT2D eigenvalue weighted by molar-refractivity contribution is 6.00. The zero-order valence-corrected chi connectivity index (χ0v) is 13.5. The first-order chi connectivity index (χ1) is 10.9. The molecule has 0 bridgehead atoms. The van der Waals surface area contributed by atoms with Crippen LogP contribution in [0.1, 0.15) is 16.1 Å². The summed E-state index contributed by atoms with van der Waals surface area (Å²) < 4.78 is 6.54. The van der Waals surface area contributed by atoms with Gasteiger partial charge in [-0.25, -0.2) is 4.98 Å². The summed E-state index contributed by atoms with van der Waals surface area (Å²) in [5, 5.41) is 6.68. The first-order valence-corrected chi connectivity index (χ1v) is 6.97. The second-order valence-electron chi connectivity index (χ2n) is 5.10. The molecule has 2 amide bonds. The molecule has 2 aromatic heterocycles. The number of carbonyl (C=O) groups excluding carboxylic acids is 2. The standard InChI is InChI=1S/C15H19N5O3/c1-10-6-5-7-12(16-10)17-13(21)9-19(2)15(22)11-8-20(3)18-14(11)23-4/h5-8H,9H2,1-4H3,(H,16,17,21). The number of carbonyl (C=O) groups is 2. The minimum Gasteiger partial charge on any atom is -0.479 e. The van der Waals surface area contributed by atoms with E-state index >= 15 is 0 Å². The number of aromatic nitrogens is 3. The van der Waals surface area contributed by atoms with Crippen molar-refractivity contribution in [2.24, 2.45) is 7.05 Å². The molecule has 0 aromatic carbocycles. The van der Waals surface area contributed by atoms with E-state index in [0.29, 0.717) is 11.4 Å². The van der Waals surface area contributed by atoms with E-state index in [1.165, 1.54) is 23.7 Å². The Balaban J connectivity index is 2.01. The highest BCUT2D eigenvalue weighted by Crippen LogP contribution is 2.16. The fourth-order valence-electron chi connectivity index (χ4n) is 2.05. The van der Waals surface area contributed by atoms with Crippen LogP contribution in [-0.2, 0) is 11.8 Å². The number of methoxy groups -OCH3 is 1. The summed E-state index contributed by atoms with van der Waals surface area (Å²) in [4.78, 5) is 29.9. The number of nitrogens with zero attached hydrogens (tertiary/aromatic N) is 4. The Hall–Kier alpha value is -2.90. The predicted molar refractivity (Wildman–Crippen MR) is 84.3 cm³/mol. The monoisotopic (exact) mass is 317 g/mol. The molecule has 2 rings (SSSR count). The van der Waals surface area contributed by atoms with Gasteiger partial charge in [-0.3, -0.25) is 14.3 Å². The molecule has 23 heavy (non-hydrogen) atoms. The average Bonchev–Trinajstić information content (AvgIpc) is 2.87. The SMILES string of the molecule is COc1nn(C)cc1C(=O)N(C)CC(=O)Nc1cccc(C)n1. The van der Waals surface area contributed by atoms with Gasteiger partial charge in [0.15, 0.2) is 0 Å². The molecule has 0 fully saturated rings. The lowest BCUT2D eigenvalue weighted by molar-refractivity contribution is -0.116. The first kappa shape index (κ1) is 16.5. The minimum atomic E-state index is -0.345. The van der Waals surface area contributed by atoms with Crippen molar-refractivity contribution >= 4 is 17.6 Å². The molecular weight excluding hydrogens is 298 g/mol. The van der Waals surface area contributed by atoms with Gasteiger partial charge in [0.05, 0.1) is 13.7 Å². The number of aryl methyl sites for hydroxylation is 2. The van der Waals surface area contributed by atoms with E-state index in [1.807, 2.05) is 13.0 Å². The Labute approximate surface area is 134 Å². The largest absolute Gasteiger partial charge is 0.479 e. The number of pyridine rings is 1. The smallest absolute Gasteiger partial charge is 0.261 e. The van der Waals surface area contributed by atoms with Gasteiger partial charge >= 0.3 is 0 Å². The molecule has 8 heteroatoms. The van der Waals surface area contributed by atoms with Crippen molar-refractivity contribution in [2.45, 2.75) is 6.92 Å². The number of hydrogen-bond donors (Lipinski definition) is 1. The molecule has 2 aromatic rings. The fraction of sp³-hybridized carbons (Fsp3) is 0.333. The summed E-state index contributed by atoms with van der Waals surface area (Å²) in [6, 6.07) is 5.32. The van der Waals surface area contributed by atoms with Gasteiger partial charge in [0.2, 0.25) is 11.8 Å². The molecule has 0 unspecified atom stereocenters. The van der Waals surface area contributed by atoms with Crippen molar-refractivity contribution in [3.8, 4) is 5.88 Å². The summed E-state index contributed by atoms with van der Waals surface area (Å²) in [7, 11) is 4.67. The number of hydrogen-bond acceptors (Lipinski definition) is 5. The highest BCUT2D eigenvalue weighted by Gasteiger charge is 2.21. The zero-order chi connectivity index (χ0) is 17.0. The fourth-order valence-corrected chi connectivity index (χ4v) is 2.05. The Morgan fingerprint density at radius 3 is 2.78 bits per heavy atom. The van der Waals surface area contributed by atoms with Crippen LogP contribution in [0, 0.1) is 6.92 Å². The number of ether oxygens (including phenoxy) is 1. The van der Waals surface area contributed by atoms with Crippen molar-refractivity contribution in [3.63, 3.8) is 0 Å². The topological polar surface area (TPSA) is 89.4 Å². The molecule has 8 nitrogen and oxygen atoms in total. The highest BCUT2D eigenvalue weighted by atomic mass is 16.5.